The smallest absolute Gasteiger partial charge is 0.310 e. The molecular formula is C17H20N2O3S2. The molecule has 5 nitrogen and oxygen atoms in total. The van der Waals surface area contributed by atoms with Gasteiger partial charge in [-0.15, -0.1) is 23.1 Å². The fraction of sp³-hybridized carbons (Fsp3) is 0.353. The van der Waals surface area contributed by atoms with Crippen LogP contribution < -0.4 is 0 Å². The van der Waals surface area contributed by atoms with Crippen molar-refractivity contribution in [3.8, 4) is 0 Å². The largest absolute Gasteiger partial charge is 0.469 e. The zero-order chi connectivity index (χ0) is 17.5. The molecule has 24 heavy (non-hydrogen) atoms. The van der Waals surface area contributed by atoms with E-state index in [0.29, 0.717) is 12.1 Å². The summed E-state index contributed by atoms with van der Waals surface area (Å²) in [5.41, 5.74) is 3.44. The SMILES string of the molecule is COC(=O)C(C)CN(C)C(=O)c1ccccc1SCc1cscn1. The molecule has 0 saturated heterocycles. The molecule has 0 saturated carbocycles. The Labute approximate surface area is 150 Å². The highest BCUT2D eigenvalue weighted by atomic mass is 32.2. The molecule has 0 N–H and O–H groups in total. The summed E-state index contributed by atoms with van der Waals surface area (Å²) in [5.74, 6) is -0.0671. The molecule has 0 bridgehead atoms. The molecule has 1 unspecified atom stereocenters. The van der Waals surface area contributed by atoms with Crippen LogP contribution in [-0.2, 0) is 15.3 Å². The number of nitrogens with zero attached hydrogens (tertiary/aromatic N) is 2. The average Bonchev–Trinajstić information content (AvgIpc) is 3.12. The molecule has 128 valence electrons. The van der Waals surface area contributed by atoms with E-state index in [0.717, 1.165) is 16.3 Å². The van der Waals surface area contributed by atoms with Crippen LogP contribution in [0.2, 0.25) is 0 Å². The fourth-order valence-corrected chi connectivity index (χ4v) is 3.82. The van der Waals surface area contributed by atoms with Crippen LogP contribution in [0.15, 0.2) is 40.1 Å². The Morgan fingerprint density at radius 3 is 2.79 bits per heavy atom. The molecule has 0 aliphatic carbocycles. The second kappa shape index (κ2) is 8.84. The first-order valence-corrected chi connectivity index (χ1v) is 9.38. The molecule has 1 atom stereocenters. The maximum atomic E-state index is 12.7. The van der Waals surface area contributed by atoms with Gasteiger partial charge in [0.2, 0.25) is 0 Å². The molecule has 2 aromatic rings. The van der Waals surface area contributed by atoms with Gasteiger partial charge in [0.05, 0.1) is 29.8 Å². The van der Waals surface area contributed by atoms with Crippen molar-refractivity contribution in [3.63, 3.8) is 0 Å². The van der Waals surface area contributed by atoms with Crippen LogP contribution in [0.1, 0.15) is 23.0 Å². The van der Waals surface area contributed by atoms with Crippen molar-refractivity contribution in [1.82, 2.24) is 9.88 Å². The van der Waals surface area contributed by atoms with Crippen molar-refractivity contribution in [2.45, 2.75) is 17.6 Å². The third-order valence-corrected chi connectivity index (χ3v) is 5.22. The molecular weight excluding hydrogens is 344 g/mol. The van der Waals surface area contributed by atoms with Gasteiger partial charge in [-0.2, -0.15) is 0 Å². The first kappa shape index (κ1) is 18.5. The lowest BCUT2D eigenvalue weighted by Gasteiger charge is -2.21. The Hall–Kier alpha value is -1.86. The van der Waals surface area contributed by atoms with Gasteiger partial charge in [-0.25, -0.2) is 4.98 Å². The van der Waals surface area contributed by atoms with E-state index in [1.54, 1.807) is 47.5 Å². The molecule has 0 aliphatic heterocycles. The number of rotatable bonds is 7. The molecule has 0 radical (unpaired) electrons. The number of thioether (sulfide) groups is 1. The first-order valence-electron chi connectivity index (χ1n) is 7.45. The van der Waals surface area contributed by atoms with Crippen molar-refractivity contribution in [1.29, 1.82) is 0 Å². The number of carbonyl (C=O) groups is 2. The molecule has 1 heterocycles. The minimum Gasteiger partial charge on any atom is -0.469 e. The van der Waals surface area contributed by atoms with Gasteiger partial charge in [-0.3, -0.25) is 9.59 Å². The Morgan fingerprint density at radius 2 is 2.12 bits per heavy atom. The van der Waals surface area contributed by atoms with Gasteiger partial charge in [-0.05, 0) is 12.1 Å². The maximum Gasteiger partial charge on any atom is 0.310 e. The quantitative estimate of drug-likeness (QED) is 0.557. The molecule has 1 aromatic carbocycles. The topological polar surface area (TPSA) is 59.5 Å². The molecule has 2 rings (SSSR count). The van der Waals surface area contributed by atoms with Gasteiger partial charge in [0.15, 0.2) is 0 Å². The summed E-state index contributed by atoms with van der Waals surface area (Å²) in [6.07, 6.45) is 0. The van der Waals surface area contributed by atoms with Crippen LogP contribution in [0.3, 0.4) is 0 Å². The summed E-state index contributed by atoms with van der Waals surface area (Å²) >= 11 is 3.14. The lowest BCUT2D eigenvalue weighted by Crippen LogP contribution is -2.34. The summed E-state index contributed by atoms with van der Waals surface area (Å²) in [7, 11) is 3.05. The molecule has 0 spiro atoms. The van der Waals surface area contributed by atoms with E-state index in [1.165, 1.54) is 7.11 Å². The van der Waals surface area contributed by atoms with E-state index < -0.39 is 0 Å². The molecule has 7 heteroatoms. The molecule has 0 aliphatic rings. The van der Waals surface area contributed by atoms with E-state index in [4.69, 9.17) is 4.74 Å². The lowest BCUT2D eigenvalue weighted by atomic mass is 10.1. The van der Waals surface area contributed by atoms with Crippen molar-refractivity contribution >= 4 is 35.0 Å². The van der Waals surface area contributed by atoms with Gasteiger partial charge in [0.25, 0.3) is 5.91 Å². The highest BCUT2D eigenvalue weighted by Crippen LogP contribution is 2.27. The Kier molecular flexibility index (Phi) is 6.81. The fourth-order valence-electron chi connectivity index (χ4n) is 2.20. The van der Waals surface area contributed by atoms with E-state index in [9.17, 15) is 9.59 Å². The number of amides is 1. The molecule has 0 fully saturated rings. The zero-order valence-electron chi connectivity index (χ0n) is 13.9. The number of hydrogen-bond acceptors (Lipinski definition) is 6. The summed E-state index contributed by atoms with van der Waals surface area (Å²) in [6.45, 7) is 2.06. The van der Waals surface area contributed by atoms with Crippen LogP contribution in [-0.4, -0.2) is 42.5 Å². The van der Waals surface area contributed by atoms with Crippen molar-refractivity contribution in [2.75, 3.05) is 20.7 Å². The van der Waals surface area contributed by atoms with Gasteiger partial charge in [-0.1, -0.05) is 19.1 Å². The van der Waals surface area contributed by atoms with E-state index in [2.05, 4.69) is 4.98 Å². The number of aromatic nitrogens is 1. The average molecular weight is 364 g/mol. The number of methoxy groups -OCH3 is 1. The van der Waals surface area contributed by atoms with E-state index in [1.807, 2.05) is 29.6 Å². The van der Waals surface area contributed by atoms with Crippen LogP contribution in [0.25, 0.3) is 0 Å². The highest BCUT2D eigenvalue weighted by Gasteiger charge is 2.21. The highest BCUT2D eigenvalue weighted by molar-refractivity contribution is 7.98. The first-order chi connectivity index (χ1) is 11.5. The summed E-state index contributed by atoms with van der Waals surface area (Å²) in [4.78, 5) is 31.0. The predicted molar refractivity (Wildman–Crippen MR) is 96.3 cm³/mol. The maximum absolute atomic E-state index is 12.7. The number of carbonyl (C=O) groups excluding carboxylic acids is 2. The van der Waals surface area contributed by atoms with Crippen molar-refractivity contribution < 1.29 is 14.3 Å². The van der Waals surface area contributed by atoms with Gasteiger partial charge >= 0.3 is 5.97 Å². The third kappa shape index (κ3) is 4.82. The van der Waals surface area contributed by atoms with Crippen LogP contribution >= 0.6 is 23.1 Å². The lowest BCUT2D eigenvalue weighted by molar-refractivity contribution is -0.145. The Morgan fingerprint density at radius 1 is 1.38 bits per heavy atom. The number of esters is 1. The number of benzene rings is 1. The minimum atomic E-state index is -0.362. The number of hydrogen-bond donors (Lipinski definition) is 0. The van der Waals surface area contributed by atoms with Gasteiger partial charge in [0.1, 0.15) is 0 Å². The van der Waals surface area contributed by atoms with Crippen molar-refractivity contribution in [2.24, 2.45) is 5.92 Å². The van der Waals surface area contributed by atoms with E-state index in [-0.39, 0.29) is 17.8 Å². The predicted octanol–water partition coefficient (Wildman–Crippen LogP) is 3.32. The Bertz CT molecular complexity index is 689. The standard InChI is InChI=1S/C17H20N2O3S2/c1-12(17(21)22-3)8-19(2)16(20)14-6-4-5-7-15(14)24-10-13-9-23-11-18-13/h4-7,9,11-12H,8,10H2,1-3H3. The van der Waals surface area contributed by atoms with Crippen LogP contribution in [0.4, 0.5) is 0 Å². The summed E-state index contributed by atoms with van der Waals surface area (Å²) in [6, 6.07) is 7.50. The van der Waals surface area contributed by atoms with Crippen LogP contribution in [0, 0.1) is 5.92 Å². The minimum absolute atomic E-state index is 0.105. The normalized spacial score (nSPS) is 11.8. The zero-order valence-corrected chi connectivity index (χ0v) is 15.5. The second-order valence-corrected chi connectivity index (χ2v) is 7.11. The molecule has 1 aromatic heterocycles. The summed E-state index contributed by atoms with van der Waals surface area (Å²) < 4.78 is 4.71. The van der Waals surface area contributed by atoms with Gasteiger partial charge < -0.3 is 9.64 Å². The van der Waals surface area contributed by atoms with Crippen LogP contribution in [0.5, 0.6) is 0 Å². The number of thiazole rings is 1. The van der Waals surface area contributed by atoms with Crippen molar-refractivity contribution in [3.05, 3.63) is 46.4 Å². The monoisotopic (exact) mass is 364 g/mol. The Balaban J connectivity index is 2.07. The van der Waals surface area contributed by atoms with E-state index >= 15 is 0 Å². The molecule has 1 amide bonds. The third-order valence-electron chi connectivity index (χ3n) is 3.47. The second-order valence-electron chi connectivity index (χ2n) is 5.37. The van der Waals surface area contributed by atoms with Gasteiger partial charge in [0, 0.05) is 29.6 Å². The number of ether oxygens (including phenoxy) is 1. The summed E-state index contributed by atoms with van der Waals surface area (Å²) in [5, 5.41) is 2.00.